The van der Waals surface area contributed by atoms with Crippen molar-refractivity contribution in [1.82, 2.24) is 19.5 Å². The van der Waals surface area contributed by atoms with Gasteiger partial charge in [0.1, 0.15) is 18.4 Å². The van der Waals surface area contributed by atoms with Crippen molar-refractivity contribution >= 4 is 37.3 Å². The lowest BCUT2D eigenvalue weighted by atomic mass is 10.0. The van der Waals surface area contributed by atoms with Crippen LogP contribution in [0.4, 0.5) is 16.3 Å². The molecule has 5 rings (SSSR count). The summed E-state index contributed by atoms with van der Waals surface area (Å²) in [7, 11) is -1.22. The highest BCUT2D eigenvalue weighted by Crippen LogP contribution is 2.40. The second-order valence-electron chi connectivity index (χ2n) is 11.3. The molecule has 1 unspecified atom stereocenters. The van der Waals surface area contributed by atoms with Gasteiger partial charge in [-0.3, -0.25) is 10.3 Å². The Morgan fingerprint density at radius 3 is 2.70 bits per heavy atom. The number of halogens is 1. The van der Waals surface area contributed by atoms with E-state index >= 15 is 0 Å². The molecule has 0 fully saturated rings. The Hall–Kier alpha value is -3.73. The molecule has 208 valence electrons. The third kappa shape index (κ3) is 6.35. The molecule has 0 radical (unpaired) electrons. The number of nitrogens with one attached hydrogen (secondary N) is 1. The van der Waals surface area contributed by atoms with E-state index in [1.807, 2.05) is 30.6 Å². The second kappa shape index (κ2) is 11.4. The molecule has 0 aliphatic heterocycles. The van der Waals surface area contributed by atoms with Gasteiger partial charge in [0.2, 0.25) is 0 Å². The van der Waals surface area contributed by atoms with E-state index in [1.165, 1.54) is 5.56 Å². The Labute approximate surface area is 239 Å². The molecule has 0 spiro atoms. The van der Waals surface area contributed by atoms with Crippen molar-refractivity contribution in [3.8, 4) is 22.4 Å². The van der Waals surface area contributed by atoms with Crippen molar-refractivity contribution in [2.45, 2.75) is 51.2 Å². The first-order valence-corrected chi connectivity index (χ1v) is 17.3. The Morgan fingerprint density at radius 2 is 1.98 bits per heavy atom. The zero-order valence-electron chi connectivity index (χ0n) is 22.8. The van der Waals surface area contributed by atoms with Crippen molar-refractivity contribution < 1.29 is 14.6 Å². The van der Waals surface area contributed by atoms with Crippen LogP contribution in [0.2, 0.25) is 30.7 Å². The van der Waals surface area contributed by atoms with E-state index in [9.17, 15) is 4.79 Å². The quantitative estimate of drug-likeness (QED) is 0.114. The minimum Gasteiger partial charge on any atom is -0.465 e. The van der Waals surface area contributed by atoms with Gasteiger partial charge in [0.05, 0.1) is 17.3 Å². The van der Waals surface area contributed by atoms with Crippen LogP contribution < -0.4 is 11.1 Å². The minimum absolute atomic E-state index is 0.0102. The zero-order chi connectivity index (χ0) is 28.4. The standard InChI is InChI=1S/C29H33ClN6O3Si/c1-40(2,3)11-10-39-17-36-16-25(19-5-9-26(32-14-19)35-29(37)38)34-28(36)22-7-4-18-12-20(15-33-27(18)22)23-13-21(30)6-8-24(23)31/h5-6,8-9,12-16,22H,4,7,10-11,17,31H2,1-3H3,(H,32,35)(H,37,38). The number of nitrogens with zero attached hydrogens (tertiary/aromatic N) is 4. The summed E-state index contributed by atoms with van der Waals surface area (Å²) >= 11 is 6.23. The molecule has 1 aliphatic carbocycles. The minimum atomic E-state index is -1.22. The van der Waals surface area contributed by atoms with Crippen LogP contribution in [0.1, 0.15) is 29.4 Å². The normalized spacial score (nSPS) is 14.8. The Balaban J connectivity index is 1.45. The van der Waals surface area contributed by atoms with Gasteiger partial charge in [-0.1, -0.05) is 31.2 Å². The van der Waals surface area contributed by atoms with Crippen LogP contribution >= 0.6 is 11.6 Å². The van der Waals surface area contributed by atoms with Crippen molar-refractivity contribution in [3.63, 3.8) is 0 Å². The van der Waals surface area contributed by atoms with E-state index in [-0.39, 0.29) is 11.7 Å². The number of ether oxygens (including phenoxy) is 1. The molecular weight excluding hydrogens is 544 g/mol. The fourth-order valence-electron chi connectivity index (χ4n) is 4.87. The summed E-state index contributed by atoms with van der Waals surface area (Å²) in [6.07, 6.45) is 6.05. The number of amides is 1. The van der Waals surface area contributed by atoms with Crippen molar-refractivity contribution in [2.24, 2.45) is 0 Å². The molecule has 4 aromatic rings. The molecule has 0 saturated heterocycles. The molecule has 1 aliphatic rings. The van der Waals surface area contributed by atoms with Gasteiger partial charge in [-0.15, -0.1) is 0 Å². The average molecular weight is 577 g/mol. The topological polar surface area (TPSA) is 128 Å². The van der Waals surface area contributed by atoms with Crippen LogP contribution in [0.25, 0.3) is 22.4 Å². The lowest BCUT2D eigenvalue weighted by Gasteiger charge is -2.17. The number of nitrogens with two attached hydrogens (primary N) is 1. The summed E-state index contributed by atoms with van der Waals surface area (Å²) in [6.45, 7) is 8.09. The van der Waals surface area contributed by atoms with Crippen LogP contribution in [0.15, 0.2) is 55.0 Å². The Morgan fingerprint density at radius 1 is 1.18 bits per heavy atom. The van der Waals surface area contributed by atoms with E-state index in [4.69, 9.17) is 37.1 Å². The first kappa shape index (κ1) is 27.8. The highest BCUT2D eigenvalue weighted by Gasteiger charge is 2.30. The molecule has 40 heavy (non-hydrogen) atoms. The number of benzene rings is 1. The van der Waals surface area contributed by atoms with Gasteiger partial charge in [-0.05, 0) is 60.8 Å². The fourth-order valence-corrected chi connectivity index (χ4v) is 5.80. The van der Waals surface area contributed by atoms with E-state index in [0.29, 0.717) is 24.0 Å². The molecule has 0 bridgehead atoms. The van der Waals surface area contributed by atoms with Gasteiger partial charge in [0.25, 0.3) is 0 Å². The number of imidazole rings is 1. The molecule has 3 aromatic heterocycles. The third-order valence-electron chi connectivity index (χ3n) is 7.00. The monoisotopic (exact) mass is 576 g/mol. The summed E-state index contributed by atoms with van der Waals surface area (Å²) in [6, 6.07) is 12.1. The number of hydrogen-bond acceptors (Lipinski definition) is 6. The molecule has 9 nitrogen and oxygen atoms in total. The van der Waals surface area contributed by atoms with Gasteiger partial charge in [0.15, 0.2) is 0 Å². The molecule has 1 atom stereocenters. The summed E-state index contributed by atoms with van der Waals surface area (Å²) in [4.78, 5) is 25.1. The number of nitrogen functional groups attached to an aromatic ring is 1. The maximum Gasteiger partial charge on any atom is 0.410 e. The molecule has 11 heteroatoms. The van der Waals surface area contributed by atoms with Crippen molar-refractivity contribution in [3.05, 3.63) is 77.1 Å². The molecule has 1 aromatic carbocycles. The maximum atomic E-state index is 10.9. The third-order valence-corrected chi connectivity index (χ3v) is 8.94. The number of rotatable bonds is 9. The summed E-state index contributed by atoms with van der Waals surface area (Å²) in [5, 5.41) is 11.9. The number of fused-ring (bicyclic) bond motifs is 1. The van der Waals surface area contributed by atoms with Gasteiger partial charge in [-0.2, -0.15) is 0 Å². The Kier molecular flexibility index (Phi) is 7.93. The number of carbonyl (C=O) groups is 1. The lowest BCUT2D eigenvalue weighted by Crippen LogP contribution is -2.22. The zero-order valence-corrected chi connectivity index (χ0v) is 24.6. The number of aromatic nitrogens is 4. The average Bonchev–Trinajstić information content (AvgIpc) is 3.51. The van der Waals surface area contributed by atoms with Gasteiger partial charge in [0, 0.05) is 60.7 Å². The molecule has 4 N–H and O–H groups in total. The largest absolute Gasteiger partial charge is 0.465 e. The number of carboxylic acid groups (broad SMARTS) is 1. The van der Waals surface area contributed by atoms with Crippen molar-refractivity contribution in [2.75, 3.05) is 17.7 Å². The lowest BCUT2D eigenvalue weighted by molar-refractivity contribution is 0.0846. The molecule has 0 saturated carbocycles. The number of hydrogen-bond donors (Lipinski definition) is 3. The van der Waals surface area contributed by atoms with E-state index < -0.39 is 14.2 Å². The summed E-state index contributed by atoms with van der Waals surface area (Å²) < 4.78 is 8.18. The fraction of sp³-hybridized carbons (Fsp3) is 0.310. The second-order valence-corrected chi connectivity index (χ2v) is 17.3. The molecule has 1 amide bonds. The van der Waals surface area contributed by atoms with Crippen LogP contribution in [0.3, 0.4) is 0 Å². The predicted octanol–water partition coefficient (Wildman–Crippen LogP) is 6.72. The summed E-state index contributed by atoms with van der Waals surface area (Å²) in [5.74, 6) is 1.16. The molecule has 3 heterocycles. The van der Waals surface area contributed by atoms with Crippen LogP contribution in [-0.4, -0.2) is 45.4 Å². The number of pyridine rings is 2. The van der Waals surface area contributed by atoms with E-state index in [1.54, 1.807) is 18.3 Å². The van der Waals surface area contributed by atoms with Crippen LogP contribution in [0, 0.1) is 0 Å². The Bertz CT molecular complexity index is 1530. The van der Waals surface area contributed by atoms with Gasteiger partial charge in [-0.25, -0.2) is 14.8 Å². The SMILES string of the molecule is C[Si](C)(C)CCOCn1cc(-c2ccc(NC(=O)O)nc2)nc1C1CCc2cc(-c3cc(Cl)ccc3N)cnc21. The first-order chi connectivity index (χ1) is 19.1. The van der Waals surface area contributed by atoms with Crippen molar-refractivity contribution in [1.29, 1.82) is 0 Å². The number of anilines is 2. The highest BCUT2D eigenvalue weighted by molar-refractivity contribution is 6.76. The highest BCUT2D eigenvalue weighted by atomic mass is 35.5. The van der Waals surface area contributed by atoms with E-state index in [2.05, 4.69) is 40.6 Å². The number of aryl methyl sites for hydroxylation is 1. The van der Waals surface area contributed by atoms with Gasteiger partial charge >= 0.3 is 6.09 Å². The summed E-state index contributed by atoms with van der Waals surface area (Å²) in [5.41, 5.74) is 12.4. The van der Waals surface area contributed by atoms with Crippen LogP contribution in [-0.2, 0) is 17.9 Å². The maximum absolute atomic E-state index is 10.9. The van der Waals surface area contributed by atoms with Crippen LogP contribution in [0.5, 0.6) is 0 Å². The first-order valence-electron chi connectivity index (χ1n) is 13.2. The van der Waals surface area contributed by atoms with Gasteiger partial charge < -0.3 is 20.1 Å². The van der Waals surface area contributed by atoms with E-state index in [0.717, 1.165) is 52.8 Å². The molecular formula is C29H33ClN6O3Si. The smallest absolute Gasteiger partial charge is 0.410 e. The predicted molar refractivity (Wildman–Crippen MR) is 160 cm³/mol.